The first kappa shape index (κ1) is 7.59. The van der Waals surface area contributed by atoms with E-state index in [-0.39, 0.29) is 0 Å². The minimum absolute atomic E-state index is 0.351. The molecule has 0 saturated heterocycles. The number of rotatable bonds is 2. The van der Waals surface area contributed by atoms with E-state index in [2.05, 4.69) is 30.3 Å². The van der Waals surface area contributed by atoms with Gasteiger partial charge in [-0.05, 0) is 0 Å². The maximum atomic E-state index is 2.28. The van der Waals surface area contributed by atoms with E-state index in [0.29, 0.717) is 21.2 Å². The van der Waals surface area contributed by atoms with Crippen LogP contribution in [0.1, 0.15) is 19.3 Å². The van der Waals surface area contributed by atoms with E-state index in [1.165, 1.54) is 19.3 Å². The van der Waals surface area contributed by atoms with E-state index in [9.17, 15) is 0 Å². The molecule has 2 rings (SSSR count). The summed E-state index contributed by atoms with van der Waals surface area (Å²) in [7, 11) is 0. The molecule has 0 nitrogen and oxygen atoms in total. The van der Waals surface area contributed by atoms with Crippen LogP contribution >= 0.6 is 0 Å². The van der Waals surface area contributed by atoms with Crippen molar-refractivity contribution in [3.8, 4) is 0 Å². The van der Waals surface area contributed by atoms with Crippen molar-refractivity contribution in [2.75, 3.05) is 0 Å². The molecule has 1 aliphatic rings. The molecule has 0 N–H and O–H groups in total. The van der Waals surface area contributed by atoms with E-state index in [1.54, 1.807) is 3.57 Å². The molecule has 0 aromatic heterocycles. The summed E-state index contributed by atoms with van der Waals surface area (Å²) in [5.41, 5.74) is 0. The molecule has 0 bridgehead atoms. The average molecular weight is 259 g/mol. The summed E-state index contributed by atoms with van der Waals surface area (Å²) in [4.78, 5) is 0. The van der Waals surface area contributed by atoms with Crippen LogP contribution in [0.3, 0.4) is 0 Å². The van der Waals surface area contributed by atoms with Gasteiger partial charge >= 0.3 is 78.3 Å². The minimum atomic E-state index is 0.351. The van der Waals surface area contributed by atoms with Crippen molar-refractivity contribution in [2.45, 2.75) is 23.2 Å². The molecule has 1 aliphatic carbocycles. The van der Waals surface area contributed by atoms with Crippen molar-refractivity contribution in [1.29, 1.82) is 0 Å². The monoisotopic (exact) mass is 259 g/mol. The van der Waals surface area contributed by atoms with Gasteiger partial charge in [0.1, 0.15) is 0 Å². The molecule has 0 unspecified atom stereocenters. The molecule has 0 radical (unpaired) electrons. The van der Waals surface area contributed by atoms with Gasteiger partial charge in [-0.15, -0.1) is 0 Å². The average Bonchev–Trinajstić information content (AvgIpc) is 1.99. The summed E-state index contributed by atoms with van der Waals surface area (Å²) in [5, 5.41) is 0. The molecule has 0 amide bonds. The maximum absolute atomic E-state index is 2.28. The zero-order chi connectivity index (χ0) is 7.52. The van der Waals surface area contributed by atoms with Gasteiger partial charge in [-0.2, -0.15) is 0 Å². The first-order chi connectivity index (χ1) is 5.45. The second kappa shape index (κ2) is 3.57. The molecule has 0 spiro atoms. The molecular weight excluding hydrogens is 247 g/mol. The third-order valence-corrected chi connectivity index (χ3v) is 5.61. The molecule has 1 heteroatoms. The summed E-state index contributed by atoms with van der Waals surface area (Å²) in [6, 6.07) is 11.0. The zero-order valence-electron chi connectivity index (χ0n) is 6.46. The van der Waals surface area contributed by atoms with Gasteiger partial charge in [0.25, 0.3) is 0 Å². The molecule has 1 fully saturated rings. The molecule has 60 valence electrons. The molecule has 1 aromatic carbocycles. The van der Waals surface area contributed by atoms with Gasteiger partial charge < -0.3 is 0 Å². The fraction of sp³-hybridized carbons (Fsp3) is 0.400. The van der Waals surface area contributed by atoms with E-state index in [0.717, 1.165) is 3.92 Å². The van der Waals surface area contributed by atoms with Crippen LogP contribution in [0.4, 0.5) is 0 Å². The van der Waals surface area contributed by atoms with Crippen LogP contribution in [0.2, 0.25) is 0 Å². The predicted octanol–water partition coefficient (Wildman–Crippen LogP) is -0.502. The van der Waals surface area contributed by atoms with Crippen LogP contribution in [-0.4, -0.2) is 3.92 Å². The fourth-order valence-electron chi connectivity index (χ4n) is 1.13. The third kappa shape index (κ3) is 1.95. The van der Waals surface area contributed by atoms with Crippen LogP contribution in [-0.2, 0) is 0 Å². The Morgan fingerprint density at radius 3 is 2.36 bits per heavy atom. The van der Waals surface area contributed by atoms with Crippen molar-refractivity contribution < 1.29 is 21.2 Å². The molecule has 11 heavy (non-hydrogen) atoms. The second-order valence-electron chi connectivity index (χ2n) is 2.93. The second-order valence-corrected chi connectivity index (χ2v) is 6.56. The number of benzene rings is 1. The van der Waals surface area contributed by atoms with E-state index in [1.807, 2.05) is 0 Å². The third-order valence-electron chi connectivity index (χ3n) is 2.05. The normalized spacial score (nSPS) is 18.2. The number of alkyl halides is 1. The van der Waals surface area contributed by atoms with Gasteiger partial charge in [-0.1, -0.05) is 0 Å². The first-order valence-corrected chi connectivity index (χ1v) is 6.46. The molecule has 0 atom stereocenters. The van der Waals surface area contributed by atoms with Crippen LogP contribution in [0.5, 0.6) is 0 Å². The summed E-state index contributed by atoms with van der Waals surface area (Å²) in [6.07, 6.45) is 4.49. The van der Waals surface area contributed by atoms with E-state index < -0.39 is 0 Å². The van der Waals surface area contributed by atoms with Crippen LogP contribution in [0.15, 0.2) is 30.3 Å². The van der Waals surface area contributed by atoms with Crippen molar-refractivity contribution >= 4 is 0 Å². The van der Waals surface area contributed by atoms with Gasteiger partial charge in [-0.25, -0.2) is 0 Å². The van der Waals surface area contributed by atoms with Crippen LogP contribution in [0, 0.1) is 3.57 Å². The zero-order valence-corrected chi connectivity index (χ0v) is 8.62. The topological polar surface area (TPSA) is 0 Å². The first-order valence-electron chi connectivity index (χ1n) is 4.13. The van der Waals surface area contributed by atoms with Crippen molar-refractivity contribution in [3.63, 3.8) is 0 Å². The summed E-state index contributed by atoms with van der Waals surface area (Å²) < 4.78 is 2.73. The predicted molar refractivity (Wildman–Crippen MR) is 42.8 cm³/mol. The van der Waals surface area contributed by atoms with Gasteiger partial charge in [-0.3, -0.25) is 0 Å². The van der Waals surface area contributed by atoms with Gasteiger partial charge in [0.05, 0.1) is 0 Å². The Bertz CT molecular complexity index is 214. The SMILES string of the molecule is c1ccc([I-]C2CCC2)cc1. The van der Waals surface area contributed by atoms with Crippen molar-refractivity contribution in [3.05, 3.63) is 33.9 Å². The van der Waals surface area contributed by atoms with E-state index >= 15 is 0 Å². The quantitative estimate of drug-likeness (QED) is 0.496. The summed E-state index contributed by atoms with van der Waals surface area (Å²) in [6.45, 7) is 0. The molecule has 1 aromatic rings. The molecule has 0 aliphatic heterocycles. The summed E-state index contributed by atoms with van der Waals surface area (Å²) in [5.74, 6) is 0. The number of hydrogen-bond donors (Lipinski definition) is 0. The Labute approximate surface area is 78.3 Å². The number of hydrogen-bond acceptors (Lipinski definition) is 0. The van der Waals surface area contributed by atoms with Gasteiger partial charge in [0.2, 0.25) is 0 Å². The van der Waals surface area contributed by atoms with Crippen molar-refractivity contribution in [2.24, 2.45) is 0 Å². The Balaban J connectivity index is 1.95. The Morgan fingerprint density at radius 2 is 1.82 bits per heavy atom. The standard InChI is InChI=1S/C10H12I/c1-2-5-9(6-3-1)11-10-7-4-8-10/h1-3,5-6,10H,4,7-8H2/q-1. The fourth-order valence-corrected chi connectivity index (χ4v) is 4.48. The Morgan fingerprint density at radius 1 is 1.09 bits per heavy atom. The molecular formula is C10H12I-. The van der Waals surface area contributed by atoms with Gasteiger partial charge in [0.15, 0.2) is 0 Å². The number of halogens is 1. The molecule has 1 saturated carbocycles. The van der Waals surface area contributed by atoms with Crippen molar-refractivity contribution in [1.82, 2.24) is 0 Å². The van der Waals surface area contributed by atoms with Crippen LogP contribution < -0.4 is 21.2 Å². The molecule has 0 heterocycles. The Kier molecular flexibility index (Phi) is 2.46. The Hall–Kier alpha value is -0.0500. The summed E-state index contributed by atoms with van der Waals surface area (Å²) >= 11 is 0.351. The van der Waals surface area contributed by atoms with Gasteiger partial charge in [0, 0.05) is 0 Å². The van der Waals surface area contributed by atoms with Crippen LogP contribution in [0.25, 0.3) is 0 Å². The van der Waals surface area contributed by atoms with E-state index in [4.69, 9.17) is 0 Å².